The van der Waals surface area contributed by atoms with Crippen molar-refractivity contribution in [1.29, 1.82) is 0 Å². The van der Waals surface area contributed by atoms with E-state index in [2.05, 4.69) is 10.5 Å². The Bertz CT molecular complexity index is 352. The van der Waals surface area contributed by atoms with E-state index in [9.17, 15) is 13.6 Å². The molecular weight excluding hydrogens is 180 g/mol. The lowest BCUT2D eigenvalue weighted by Crippen LogP contribution is -2.17. The monoisotopic (exact) mass is 187 g/mol. The molecule has 0 spiro atoms. The van der Waals surface area contributed by atoms with Gasteiger partial charge in [0.05, 0.1) is 0 Å². The van der Waals surface area contributed by atoms with Gasteiger partial charge in [0.15, 0.2) is 11.6 Å². The van der Waals surface area contributed by atoms with Crippen molar-refractivity contribution in [2.24, 2.45) is 5.73 Å². The Balaban J connectivity index is 3.08. The highest BCUT2D eigenvalue weighted by molar-refractivity contribution is 5.68. The first-order valence-corrected chi connectivity index (χ1v) is 3.43. The molecule has 1 aromatic carbocycles. The quantitative estimate of drug-likeness (QED) is 0.727. The Kier molecular flexibility index (Phi) is 2.46. The van der Waals surface area contributed by atoms with E-state index < -0.39 is 23.5 Å². The summed E-state index contributed by atoms with van der Waals surface area (Å²) in [5, 5.41) is 0. The summed E-state index contributed by atoms with van der Waals surface area (Å²) in [7, 11) is 0. The smallest absolute Gasteiger partial charge is 0.407 e. The van der Waals surface area contributed by atoms with Crippen molar-refractivity contribution < 1.29 is 18.3 Å². The standard InChI is InChI=1S/C8H7F2NO2/c1-4-2-6(10)7(3-5(4)9)13-8(11)12/h2-3H,1H3,(H2,11,12). The Labute approximate surface area is 73.1 Å². The largest absolute Gasteiger partial charge is 0.410 e. The van der Waals surface area contributed by atoms with Gasteiger partial charge >= 0.3 is 6.09 Å². The second-order valence-electron chi connectivity index (χ2n) is 2.45. The minimum absolute atomic E-state index is 0.134. The van der Waals surface area contributed by atoms with Crippen LogP contribution in [-0.4, -0.2) is 6.09 Å². The van der Waals surface area contributed by atoms with E-state index in [0.29, 0.717) is 0 Å². The Morgan fingerprint density at radius 1 is 1.38 bits per heavy atom. The van der Waals surface area contributed by atoms with Gasteiger partial charge < -0.3 is 10.5 Å². The minimum atomic E-state index is -1.18. The third-order valence-electron chi connectivity index (χ3n) is 1.42. The van der Waals surface area contributed by atoms with E-state index in [1.807, 2.05) is 0 Å². The first kappa shape index (κ1) is 9.44. The fourth-order valence-corrected chi connectivity index (χ4v) is 0.815. The van der Waals surface area contributed by atoms with E-state index in [4.69, 9.17) is 0 Å². The summed E-state index contributed by atoms with van der Waals surface area (Å²) in [6.07, 6.45) is -1.18. The molecule has 13 heavy (non-hydrogen) atoms. The Morgan fingerprint density at radius 3 is 2.54 bits per heavy atom. The number of carbonyl (C=O) groups is 1. The lowest BCUT2D eigenvalue weighted by atomic mass is 10.2. The van der Waals surface area contributed by atoms with Crippen molar-refractivity contribution >= 4 is 6.09 Å². The van der Waals surface area contributed by atoms with E-state index in [-0.39, 0.29) is 5.56 Å². The van der Waals surface area contributed by atoms with Gasteiger partial charge in [-0.05, 0) is 18.6 Å². The van der Waals surface area contributed by atoms with E-state index in [1.165, 1.54) is 6.92 Å². The van der Waals surface area contributed by atoms with Crippen LogP contribution in [0.3, 0.4) is 0 Å². The molecule has 3 nitrogen and oxygen atoms in total. The second kappa shape index (κ2) is 3.38. The molecule has 0 bridgehead atoms. The topological polar surface area (TPSA) is 52.3 Å². The molecule has 1 rings (SSSR count). The normalized spacial score (nSPS) is 9.77. The van der Waals surface area contributed by atoms with Crippen LogP contribution in [0.5, 0.6) is 5.75 Å². The van der Waals surface area contributed by atoms with Crippen LogP contribution >= 0.6 is 0 Å². The molecule has 0 aliphatic rings. The number of hydrogen-bond donors (Lipinski definition) is 1. The zero-order valence-electron chi connectivity index (χ0n) is 6.80. The molecule has 0 aromatic heterocycles. The molecule has 5 heteroatoms. The van der Waals surface area contributed by atoms with Gasteiger partial charge in [0, 0.05) is 6.07 Å². The van der Waals surface area contributed by atoms with Crippen LogP contribution in [0, 0.1) is 18.6 Å². The van der Waals surface area contributed by atoms with Gasteiger partial charge in [-0.25, -0.2) is 13.6 Å². The zero-order chi connectivity index (χ0) is 10.0. The van der Waals surface area contributed by atoms with Crippen LogP contribution in [0.2, 0.25) is 0 Å². The molecule has 0 saturated heterocycles. The van der Waals surface area contributed by atoms with Crippen molar-refractivity contribution in [3.05, 3.63) is 29.3 Å². The third-order valence-corrected chi connectivity index (χ3v) is 1.42. The number of hydrogen-bond acceptors (Lipinski definition) is 2. The van der Waals surface area contributed by atoms with Gasteiger partial charge in [-0.15, -0.1) is 0 Å². The number of aryl methyl sites for hydroxylation is 1. The third kappa shape index (κ3) is 2.14. The lowest BCUT2D eigenvalue weighted by Gasteiger charge is -2.03. The van der Waals surface area contributed by atoms with Crippen molar-refractivity contribution in [1.82, 2.24) is 0 Å². The molecule has 1 aromatic rings. The summed E-state index contributed by atoms with van der Waals surface area (Å²) in [5.41, 5.74) is 4.76. The molecule has 0 aliphatic heterocycles. The van der Waals surface area contributed by atoms with Gasteiger partial charge in [-0.3, -0.25) is 0 Å². The van der Waals surface area contributed by atoms with Gasteiger partial charge in [-0.1, -0.05) is 0 Å². The molecule has 0 atom stereocenters. The highest BCUT2D eigenvalue weighted by Gasteiger charge is 2.10. The highest BCUT2D eigenvalue weighted by atomic mass is 19.1. The SMILES string of the molecule is Cc1cc(F)c(OC(N)=O)cc1F. The molecule has 0 fully saturated rings. The lowest BCUT2D eigenvalue weighted by molar-refractivity contribution is 0.208. The number of benzene rings is 1. The predicted octanol–water partition coefficient (Wildman–Crippen LogP) is 1.73. The summed E-state index contributed by atoms with van der Waals surface area (Å²) in [4.78, 5) is 10.2. The summed E-state index contributed by atoms with van der Waals surface area (Å²) < 4.78 is 29.9. The Hall–Kier alpha value is -1.65. The van der Waals surface area contributed by atoms with Crippen molar-refractivity contribution in [2.45, 2.75) is 6.92 Å². The van der Waals surface area contributed by atoms with Crippen LogP contribution < -0.4 is 10.5 Å². The number of rotatable bonds is 1. The van der Waals surface area contributed by atoms with E-state index in [0.717, 1.165) is 12.1 Å². The van der Waals surface area contributed by atoms with Gasteiger partial charge in [0.25, 0.3) is 0 Å². The van der Waals surface area contributed by atoms with Crippen LogP contribution in [-0.2, 0) is 0 Å². The molecule has 1 amide bonds. The fraction of sp³-hybridized carbons (Fsp3) is 0.125. The van der Waals surface area contributed by atoms with Crippen molar-refractivity contribution in [3.63, 3.8) is 0 Å². The first-order valence-electron chi connectivity index (χ1n) is 3.43. The van der Waals surface area contributed by atoms with Crippen LogP contribution in [0.1, 0.15) is 5.56 Å². The van der Waals surface area contributed by atoms with Crippen molar-refractivity contribution in [2.75, 3.05) is 0 Å². The number of primary amides is 1. The van der Waals surface area contributed by atoms with Crippen LogP contribution in [0.15, 0.2) is 12.1 Å². The van der Waals surface area contributed by atoms with Crippen LogP contribution in [0.4, 0.5) is 13.6 Å². The molecule has 0 aliphatic carbocycles. The van der Waals surface area contributed by atoms with Gasteiger partial charge in [-0.2, -0.15) is 0 Å². The predicted molar refractivity (Wildman–Crippen MR) is 41.3 cm³/mol. The van der Waals surface area contributed by atoms with Gasteiger partial charge in [0.2, 0.25) is 0 Å². The molecule has 70 valence electrons. The Morgan fingerprint density at radius 2 is 2.00 bits per heavy atom. The number of amides is 1. The molecule has 0 heterocycles. The van der Waals surface area contributed by atoms with E-state index in [1.54, 1.807) is 0 Å². The molecule has 0 radical (unpaired) electrons. The molecule has 2 N–H and O–H groups in total. The summed E-state index contributed by atoms with van der Waals surface area (Å²) in [5.74, 6) is -1.98. The number of ether oxygens (including phenoxy) is 1. The fourth-order valence-electron chi connectivity index (χ4n) is 0.815. The second-order valence-corrected chi connectivity index (χ2v) is 2.45. The number of halogens is 2. The molecular formula is C8H7F2NO2. The van der Waals surface area contributed by atoms with E-state index >= 15 is 0 Å². The molecule has 0 saturated carbocycles. The van der Waals surface area contributed by atoms with Crippen LogP contribution in [0.25, 0.3) is 0 Å². The van der Waals surface area contributed by atoms with Gasteiger partial charge in [0.1, 0.15) is 5.82 Å². The number of carbonyl (C=O) groups excluding carboxylic acids is 1. The maximum atomic E-state index is 12.9. The maximum Gasteiger partial charge on any atom is 0.410 e. The molecule has 0 unspecified atom stereocenters. The average molecular weight is 187 g/mol. The number of nitrogens with two attached hydrogens (primary N) is 1. The van der Waals surface area contributed by atoms with Crippen molar-refractivity contribution in [3.8, 4) is 5.75 Å². The summed E-state index contributed by atoms with van der Waals surface area (Å²) in [6, 6.07) is 1.70. The summed E-state index contributed by atoms with van der Waals surface area (Å²) in [6.45, 7) is 1.40. The zero-order valence-corrected chi connectivity index (χ0v) is 6.80. The summed E-state index contributed by atoms with van der Waals surface area (Å²) >= 11 is 0. The average Bonchev–Trinajstić information content (AvgIpc) is 1.99. The first-order chi connectivity index (χ1) is 6.00. The maximum absolute atomic E-state index is 12.9. The minimum Gasteiger partial charge on any atom is -0.407 e. The highest BCUT2D eigenvalue weighted by Crippen LogP contribution is 2.20.